The number of hydrogen-bond donors (Lipinski definition) is 0. The summed E-state index contributed by atoms with van der Waals surface area (Å²) in [5.41, 5.74) is 10.6. The van der Waals surface area contributed by atoms with Gasteiger partial charge in [0.15, 0.2) is 11.8 Å². The van der Waals surface area contributed by atoms with Gasteiger partial charge in [-0.05, 0) is 53.9 Å². The van der Waals surface area contributed by atoms with Crippen molar-refractivity contribution in [2.45, 2.75) is 6.92 Å². The summed E-state index contributed by atoms with van der Waals surface area (Å²) in [7, 11) is 2.06. The average molecular weight is 505 g/mol. The Labute approximate surface area is 226 Å². The molecule has 0 aliphatic carbocycles. The van der Waals surface area contributed by atoms with Crippen molar-refractivity contribution in [2.75, 3.05) is 0 Å². The van der Waals surface area contributed by atoms with Crippen LogP contribution in [-0.4, -0.2) is 9.97 Å². The molecule has 0 aliphatic rings. The first-order chi connectivity index (χ1) is 19.2. The Morgan fingerprint density at radius 3 is 2.05 bits per heavy atom. The molecule has 0 saturated carbocycles. The molecule has 0 aliphatic heterocycles. The Kier molecular flexibility index (Phi) is 5.52. The van der Waals surface area contributed by atoms with Gasteiger partial charge >= 0.3 is 0 Å². The second kappa shape index (κ2) is 9.34. The third kappa shape index (κ3) is 4.07. The molecule has 4 heteroatoms. The summed E-state index contributed by atoms with van der Waals surface area (Å²) in [6, 6.07) is 39.6. The number of fused-ring (bicyclic) bond motifs is 3. The minimum absolute atomic E-state index is 0.612. The van der Waals surface area contributed by atoms with Gasteiger partial charge in [0.2, 0.25) is 11.4 Å². The maximum absolute atomic E-state index is 6.51. The van der Waals surface area contributed by atoms with E-state index in [2.05, 4.69) is 104 Å². The first-order valence-electron chi connectivity index (χ1n) is 13.1. The zero-order chi connectivity index (χ0) is 26.3. The summed E-state index contributed by atoms with van der Waals surface area (Å²) < 4.78 is 8.64. The van der Waals surface area contributed by atoms with Gasteiger partial charge in [-0.2, -0.15) is 0 Å². The van der Waals surface area contributed by atoms with E-state index < -0.39 is 0 Å². The molecule has 0 unspecified atom stereocenters. The Bertz CT molecular complexity index is 1920. The lowest BCUT2D eigenvalue weighted by atomic mass is 10.0. The second-order valence-electron chi connectivity index (χ2n) is 9.84. The molecule has 0 amide bonds. The van der Waals surface area contributed by atoms with E-state index in [-0.39, 0.29) is 0 Å². The van der Waals surface area contributed by atoms with Gasteiger partial charge in [-0.1, -0.05) is 72.8 Å². The average Bonchev–Trinajstić information content (AvgIpc) is 3.36. The molecule has 7 rings (SSSR count). The maximum Gasteiger partial charge on any atom is 0.227 e. The normalized spacial score (nSPS) is 11.3. The summed E-state index contributed by atoms with van der Waals surface area (Å²) in [6.45, 7) is 2.12. The van der Waals surface area contributed by atoms with E-state index in [0.29, 0.717) is 5.71 Å². The van der Waals surface area contributed by atoms with Crippen LogP contribution in [0.15, 0.2) is 126 Å². The van der Waals surface area contributed by atoms with Crippen molar-refractivity contribution in [1.82, 2.24) is 9.97 Å². The highest BCUT2D eigenvalue weighted by molar-refractivity contribution is 6.09. The number of aryl methyl sites for hydroxylation is 2. The van der Waals surface area contributed by atoms with E-state index in [9.17, 15) is 0 Å². The molecule has 0 bridgehead atoms. The van der Waals surface area contributed by atoms with Crippen LogP contribution in [0.1, 0.15) is 5.56 Å². The fourth-order valence-electron chi connectivity index (χ4n) is 5.28. The summed E-state index contributed by atoms with van der Waals surface area (Å²) in [5, 5.41) is 2.06. The van der Waals surface area contributed by atoms with Crippen LogP contribution in [0.5, 0.6) is 0 Å². The smallest absolute Gasteiger partial charge is 0.227 e. The topological polar surface area (TPSA) is 42.8 Å². The van der Waals surface area contributed by atoms with Gasteiger partial charge in [-0.15, -0.1) is 0 Å². The summed E-state index contributed by atoms with van der Waals surface area (Å²) >= 11 is 0. The van der Waals surface area contributed by atoms with Gasteiger partial charge in [-0.25, -0.2) is 14.5 Å². The van der Waals surface area contributed by atoms with Crippen LogP contribution in [0.3, 0.4) is 0 Å². The highest BCUT2D eigenvalue weighted by Gasteiger charge is 2.21. The van der Waals surface area contributed by atoms with Crippen molar-refractivity contribution in [3.63, 3.8) is 0 Å². The third-order valence-electron chi connectivity index (χ3n) is 7.29. The van der Waals surface area contributed by atoms with Crippen LogP contribution in [0.4, 0.5) is 0 Å². The molecule has 4 nitrogen and oxygen atoms in total. The van der Waals surface area contributed by atoms with Gasteiger partial charge in [0.05, 0.1) is 22.6 Å². The van der Waals surface area contributed by atoms with Crippen LogP contribution >= 0.6 is 0 Å². The quantitative estimate of drug-likeness (QED) is 0.227. The van der Waals surface area contributed by atoms with Gasteiger partial charge in [-0.3, -0.25) is 0 Å². The van der Waals surface area contributed by atoms with E-state index >= 15 is 0 Å². The van der Waals surface area contributed by atoms with Crippen LogP contribution in [0.2, 0.25) is 0 Å². The van der Waals surface area contributed by atoms with Crippen molar-refractivity contribution in [3.8, 4) is 45.0 Å². The zero-order valence-corrected chi connectivity index (χ0v) is 21.8. The molecule has 0 saturated heterocycles. The monoisotopic (exact) mass is 504 g/mol. The fourth-order valence-corrected chi connectivity index (χ4v) is 5.28. The van der Waals surface area contributed by atoms with Crippen LogP contribution in [-0.2, 0) is 7.05 Å². The molecule has 0 atom stereocenters. The standard InChI is InChI=1S/C35H26N3O/c1-23-16-17-27-28-18-19-29(37-35(28)39-34(27)33(23)32-15-9-10-20-38(32)2)31-22-26(24-11-5-3-6-12-24)21-30(36-31)25-13-7-4-8-14-25/h3-22H,1-2H3/q+1. The number of nitrogens with zero attached hydrogens (tertiary/aromatic N) is 3. The van der Waals surface area contributed by atoms with Gasteiger partial charge in [0.25, 0.3) is 0 Å². The lowest BCUT2D eigenvalue weighted by molar-refractivity contribution is -0.660. The van der Waals surface area contributed by atoms with Crippen LogP contribution in [0, 0.1) is 6.92 Å². The lowest BCUT2D eigenvalue weighted by Gasteiger charge is -2.10. The fraction of sp³-hybridized carbons (Fsp3) is 0.0571. The molecule has 7 aromatic rings. The third-order valence-corrected chi connectivity index (χ3v) is 7.29. The van der Waals surface area contributed by atoms with Crippen molar-refractivity contribution < 1.29 is 8.98 Å². The minimum Gasteiger partial charge on any atom is -0.437 e. The molecule has 3 aromatic carbocycles. The molecule has 0 radical (unpaired) electrons. The van der Waals surface area contributed by atoms with E-state index in [1.54, 1.807) is 0 Å². The Balaban J connectivity index is 1.43. The Morgan fingerprint density at radius 1 is 0.590 bits per heavy atom. The molecule has 4 heterocycles. The van der Waals surface area contributed by atoms with E-state index in [0.717, 1.165) is 66.9 Å². The Hall–Kier alpha value is -5.09. The van der Waals surface area contributed by atoms with Crippen LogP contribution in [0.25, 0.3) is 67.1 Å². The Morgan fingerprint density at radius 2 is 1.28 bits per heavy atom. The molecular weight excluding hydrogens is 478 g/mol. The number of hydrogen-bond acceptors (Lipinski definition) is 3. The minimum atomic E-state index is 0.612. The highest BCUT2D eigenvalue weighted by atomic mass is 16.3. The van der Waals surface area contributed by atoms with Gasteiger partial charge < -0.3 is 4.42 Å². The summed E-state index contributed by atoms with van der Waals surface area (Å²) in [6.07, 6.45) is 2.06. The number of benzene rings is 3. The van der Waals surface area contributed by atoms with E-state index in [1.165, 1.54) is 0 Å². The molecular formula is C35H26N3O+. The second-order valence-corrected chi connectivity index (χ2v) is 9.84. The predicted octanol–water partition coefficient (Wildman–Crippen LogP) is 8.18. The van der Waals surface area contributed by atoms with Crippen molar-refractivity contribution >= 4 is 22.1 Å². The maximum atomic E-state index is 6.51. The number of aromatic nitrogens is 3. The van der Waals surface area contributed by atoms with Crippen molar-refractivity contribution in [2.24, 2.45) is 7.05 Å². The SMILES string of the molecule is Cc1ccc2c(oc3nc(-c4cc(-c5ccccc5)cc(-c5ccccc5)n4)ccc32)c1-c1cccc[n+]1C. The summed E-state index contributed by atoms with van der Waals surface area (Å²) in [4.78, 5) is 10.0. The van der Waals surface area contributed by atoms with E-state index in [1.807, 2.05) is 36.4 Å². The molecule has 39 heavy (non-hydrogen) atoms. The zero-order valence-electron chi connectivity index (χ0n) is 21.8. The van der Waals surface area contributed by atoms with Crippen molar-refractivity contribution in [3.05, 3.63) is 127 Å². The van der Waals surface area contributed by atoms with Gasteiger partial charge in [0, 0.05) is 28.5 Å². The number of rotatable bonds is 4. The van der Waals surface area contributed by atoms with E-state index in [4.69, 9.17) is 14.4 Å². The highest BCUT2D eigenvalue weighted by Crippen LogP contribution is 2.37. The molecule has 0 N–H and O–H groups in total. The molecule has 0 spiro atoms. The van der Waals surface area contributed by atoms with Crippen molar-refractivity contribution in [1.29, 1.82) is 0 Å². The first-order valence-corrected chi connectivity index (χ1v) is 13.1. The lowest BCUT2D eigenvalue weighted by Crippen LogP contribution is -2.30. The number of pyridine rings is 3. The molecule has 0 fully saturated rings. The van der Waals surface area contributed by atoms with Gasteiger partial charge in [0.1, 0.15) is 7.05 Å². The largest absolute Gasteiger partial charge is 0.437 e. The predicted molar refractivity (Wildman–Crippen MR) is 157 cm³/mol. The molecule has 4 aromatic heterocycles. The first kappa shape index (κ1) is 23.1. The summed E-state index contributed by atoms with van der Waals surface area (Å²) in [5.74, 6) is 0. The number of furan rings is 1. The van der Waals surface area contributed by atoms with Crippen LogP contribution < -0.4 is 4.57 Å². The molecule has 186 valence electrons.